The van der Waals surface area contributed by atoms with E-state index in [-0.39, 0.29) is 58.7 Å². The molecule has 1 unspecified atom stereocenters. The molecule has 8 nitrogen and oxygen atoms in total. The van der Waals surface area contributed by atoms with Crippen molar-refractivity contribution in [2.75, 3.05) is 33.4 Å². The van der Waals surface area contributed by atoms with E-state index in [1.807, 2.05) is 30.3 Å². The van der Waals surface area contributed by atoms with Crippen LogP contribution in [0.3, 0.4) is 0 Å². The Kier molecular flexibility index (Phi) is 11.5. The largest absolute Gasteiger partial charge is 0.488 e. The number of aliphatic carboxylic acids is 1. The van der Waals surface area contributed by atoms with Gasteiger partial charge in [-0.3, -0.25) is 9.59 Å². The summed E-state index contributed by atoms with van der Waals surface area (Å²) in [4.78, 5) is 24.1. The van der Waals surface area contributed by atoms with E-state index in [1.54, 1.807) is 6.07 Å². The molecule has 1 amide bonds. The van der Waals surface area contributed by atoms with Crippen molar-refractivity contribution < 1.29 is 33.0 Å². The van der Waals surface area contributed by atoms with Crippen LogP contribution in [0.25, 0.3) is 11.1 Å². The SMILES string of the molecule is COCCOc1ccc(C(=O)NCC(=O)O)c(-c2cc(C(CNC3CCC(N)CC3)c3ccccc3)cc(F)c2Cl)c1F. The van der Waals surface area contributed by atoms with E-state index < -0.39 is 30.1 Å². The van der Waals surface area contributed by atoms with E-state index >= 15 is 8.78 Å². The smallest absolute Gasteiger partial charge is 0.322 e. The molecule has 1 aliphatic carbocycles. The summed E-state index contributed by atoms with van der Waals surface area (Å²) in [6.45, 7) is -0.0203. The Labute approximate surface area is 254 Å². The van der Waals surface area contributed by atoms with Gasteiger partial charge in [-0.25, -0.2) is 8.78 Å². The number of carbonyl (C=O) groups excluding carboxylic acids is 1. The molecule has 0 heterocycles. The number of carboxylic acid groups (broad SMARTS) is 1. The lowest BCUT2D eigenvalue weighted by Crippen LogP contribution is -2.39. The molecule has 0 radical (unpaired) electrons. The van der Waals surface area contributed by atoms with Gasteiger partial charge in [0.15, 0.2) is 11.6 Å². The highest BCUT2D eigenvalue weighted by molar-refractivity contribution is 6.33. The number of methoxy groups -OCH3 is 1. The first-order chi connectivity index (χ1) is 20.7. The molecule has 230 valence electrons. The lowest BCUT2D eigenvalue weighted by Gasteiger charge is -2.29. The summed E-state index contributed by atoms with van der Waals surface area (Å²) in [5, 5.41) is 14.5. The number of nitrogens with two attached hydrogens (primary N) is 1. The first kappa shape index (κ1) is 32.3. The van der Waals surface area contributed by atoms with Crippen molar-refractivity contribution in [2.24, 2.45) is 5.73 Å². The van der Waals surface area contributed by atoms with E-state index in [9.17, 15) is 9.59 Å². The fourth-order valence-electron chi connectivity index (χ4n) is 5.32. The summed E-state index contributed by atoms with van der Waals surface area (Å²) in [5.74, 6) is -4.40. The summed E-state index contributed by atoms with van der Waals surface area (Å²) in [6.07, 6.45) is 3.70. The zero-order valence-electron chi connectivity index (χ0n) is 23.9. The molecule has 0 saturated heterocycles. The Bertz CT molecular complexity index is 1420. The molecule has 3 aromatic carbocycles. The molecule has 11 heteroatoms. The van der Waals surface area contributed by atoms with Crippen LogP contribution in [0.1, 0.15) is 53.1 Å². The number of benzene rings is 3. The lowest BCUT2D eigenvalue weighted by molar-refractivity contribution is -0.135. The van der Waals surface area contributed by atoms with Crippen molar-refractivity contribution in [3.05, 3.63) is 87.9 Å². The number of carboxylic acids is 1. The van der Waals surface area contributed by atoms with Gasteiger partial charge in [0.1, 0.15) is 19.0 Å². The van der Waals surface area contributed by atoms with Crippen LogP contribution >= 0.6 is 11.6 Å². The van der Waals surface area contributed by atoms with Crippen LogP contribution in [-0.2, 0) is 9.53 Å². The Morgan fingerprint density at radius 2 is 1.77 bits per heavy atom. The molecule has 1 aliphatic rings. The number of hydrogen-bond donors (Lipinski definition) is 4. The molecular formula is C32H36ClF2N3O5. The van der Waals surface area contributed by atoms with Gasteiger partial charge in [-0.2, -0.15) is 0 Å². The molecule has 0 spiro atoms. The van der Waals surface area contributed by atoms with Crippen molar-refractivity contribution in [3.8, 4) is 16.9 Å². The molecule has 1 fully saturated rings. The Morgan fingerprint density at radius 1 is 1.05 bits per heavy atom. The highest BCUT2D eigenvalue weighted by Gasteiger charge is 2.27. The monoisotopic (exact) mass is 615 g/mol. The average Bonchev–Trinajstić information content (AvgIpc) is 3.00. The summed E-state index contributed by atoms with van der Waals surface area (Å²) >= 11 is 6.46. The van der Waals surface area contributed by atoms with Gasteiger partial charge in [0.25, 0.3) is 5.91 Å². The van der Waals surface area contributed by atoms with Gasteiger partial charge >= 0.3 is 5.97 Å². The van der Waals surface area contributed by atoms with Crippen LogP contribution in [0.4, 0.5) is 8.78 Å². The second-order valence-electron chi connectivity index (χ2n) is 10.6. The number of amides is 1. The van der Waals surface area contributed by atoms with Gasteiger partial charge in [-0.1, -0.05) is 41.9 Å². The Hall–Kier alpha value is -3.57. The number of ether oxygens (including phenoxy) is 2. The third kappa shape index (κ3) is 8.29. The van der Waals surface area contributed by atoms with Crippen molar-refractivity contribution in [1.82, 2.24) is 10.6 Å². The summed E-state index contributed by atoms with van der Waals surface area (Å²) in [7, 11) is 1.47. The molecule has 1 saturated carbocycles. The van der Waals surface area contributed by atoms with Crippen molar-refractivity contribution in [3.63, 3.8) is 0 Å². The molecule has 5 N–H and O–H groups in total. The van der Waals surface area contributed by atoms with E-state index in [0.29, 0.717) is 12.1 Å². The zero-order chi connectivity index (χ0) is 30.9. The van der Waals surface area contributed by atoms with Gasteiger partial charge < -0.3 is 30.9 Å². The van der Waals surface area contributed by atoms with Gasteiger partial charge in [0, 0.05) is 42.8 Å². The van der Waals surface area contributed by atoms with E-state index in [0.717, 1.165) is 31.2 Å². The maximum absolute atomic E-state index is 16.1. The summed E-state index contributed by atoms with van der Waals surface area (Å²) < 4.78 is 42.2. The van der Waals surface area contributed by atoms with Crippen molar-refractivity contribution in [2.45, 2.75) is 43.7 Å². The fraction of sp³-hybridized carbons (Fsp3) is 0.375. The molecule has 0 bridgehead atoms. The number of carbonyl (C=O) groups is 2. The molecular weight excluding hydrogens is 580 g/mol. The summed E-state index contributed by atoms with van der Waals surface area (Å²) in [6, 6.07) is 15.4. The first-order valence-corrected chi connectivity index (χ1v) is 14.5. The van der Waals surface area contributed by atoms with Crippen LogP contribution in [0.15, 0.2) is 54.6 Å². The molecule has 1 atom stereocenters. The summed E-state index contributed by atoms with van der Waals surface area (Å²) in [5.41, 5.74) is 6.93. The number of rotatable bonds is 13. The third-order valence-electron chi connectivity index (χ3n) is 7.60. The van der Waals surface area contributed by atoms with E-state index in [4.69, 9.17) is 31.9 Å². The predicted molar refractivity (Wildman–Crippen MR) is 161 cm³/mol. The third-order valence-corrected chi connectivity index (χ3v) is 7.99. The maximum atomic E-state index is 16.1. The molecule has 3 aromatic rings. The number of halogens is 3. The highest BCUT2D eigenvalue weighted by atomic mass is 35.5. The minimum atomic E-state index is -1.28. The normalized spacial score (nSPS) is 17.3. The van der Waals surface area contributed by atoms with E-state index in [1.165, 1.54) is 25.3 Å². The zero-order valence-corrected chi connectivity index (χ0v) is 24.6. The minimum Gasteiger partial charge on any atom is -0.488 e. The molecule has 0 aromatic heterocycles. The predicted octanol–water partition coefficient (Wildman–Crippen LogP) is 5.12. The van der Waals surface area contributed by atoms with Gasteiger partial charge in [0.2, 0.25) is 0 Å². The topological polar surface area (TPSA) is 123 Å². The first-order valence-electron chi connectivity index (χ1n) is 14.2. The molecule has 0 aliphatic heterocycles. The van der Waals surface area contributed by atoms with E-state index in [2.05, 4.69) is 10.6 Å². The van der Waals surface area contributed by atoms with Gasteiger partial charge in [-0.15, -0.1) is 0 Å². The molecule has 43 heavy (non-hydrogen) atoms. The standard InChI is InChI=1S/C32H36ClF2N3O5/c1-42-13-14-43-27-12-11-23(32(41)38-18-28(39)40)29(31(27)35)24-15-20(16-26(34)30(24)33)25(19-5-3-2-4-6-19)17-37-22-9-7-21(36)8-10-22/h2-6,11-12,15-16,21-22,25,37H,7-10,13-14,17-18,36H2,1H3,(H,38,41)(H,39,40). The number of nitrogens with one attached hydrogen (secondary N) is 2. The number of hydrogen-bond acceptors (Lipinski definition) is 6. The van der Waals surface area contributed by atoms with Gasteiger partial charge in [0.05, 0.1) is 17.2 Å². The molecule has 4 rings (SSSR count). The van der Waals surface area contributed by atoms with Crippen LogP contribution < -0.4 is 21.1 Å². The maximum Gasteiger partial charge on any atom is 0.322 e. The van der Waals surface area contributed by atoms with Crippen LogP contribution in [-0.4, -0.2) is 62.5 Å². The van der Waals surface area contributed by atoms with Crippen molar-refractivity contribution in [1.29, 1.82) is 0 Å². The van der Waals surface area contributed by atoms with Crippen LogP contribution in [0.2, 0.25) is 5.02 Å². The highest BCUT2D eigenvalue weighted by Crippen LogP contribution is 2.40. The van der Waals surface area contributed by atoms with Crippen LogP contribution in [0, 0.1) is 11.6 Å². The Morgan fingerprint density at radius 3 is 2.44 bits per heavy atom. The second kappa shape index (κ2) is 15.2. The fourth-order valence-corrected chi connectivity index (χ4v) is 5.53. The van der Waals surface area contributed by atoms with Gasteiger partial charge in [-0.05, 0) is 61.1 Å². The Balaban J connectivity index is 1.80. The van der Waals surface area contributed by atoms with Crippen molar-refractivity contribution >= 4 is 23.5 Å². The average molecular weight is 616 g/mol. The quantitative estimate of drug-likeness (QED) is 0.197. The minimum absolute atomic E-state index is 0.0212. The second-order valence-corrected chi connectivity index (χ2v) is 10.9. The lowest BCUT2D eigenvalue weighted by atomic mass is 9.86. The van der Waals surface area contributed by atoms with Crippen LogP contribution in [0.5, 0.6) is 5.75 Å².